The number of aliphatic carboxylic acids is 1. The Kier molecular flexibility index (Phi) is 3.99. The number of amides is 2. The lowest BCUT2D eigenvalue weighted by Gasteiger charge is -2.38. The number of carboxylic acids is 1. The SMILES string of the molecule is O=C(O)CC1CN(C(=O)NCc2ccccc2F)C1. The van der Waals surface area contributed by atoms with Crippen molar-refractivity contribution in [1.82, 2.24) is 10.2 Å². The molecule has 6 heteroatoms. The normalized spacial score (nSPS) is 14.9. The molecule has 0 unspecified atom stereocenters. The van der Waals surface area contributed by atoms with E-state index in [1.807, 2.05) is 0 Å². The summed E-state index contributed by atoms with van der Waals surface area (Å²) < 4.78 is 13.3. The average molecular weight is 266 g/mol. The van der Waals surface area contributed by atoms with Crippen molar-refractivity contribution in [2.24, 2.45) is 5.92 Å². The van der Waals surface area contributed by atoms with Gasteiger partial charge in [-0.15, -0.1) is 0 Å². The molecule has 0 radical (unpaired) electrons. The van der Waals surface area contributed by atoms with Crippen LogP contribution in [-0.4, -0.2) is 35.1 Å². The summed E-state index contributed by atoms with van der Waals surface area (Å²) in [6, 6.07) is 5.96. The van der Waals surface area contributed by atoms with Gasteiger partial charge in [-0.25, -0.2) is 9.18 Å². The molecule has 0 atom stereocenters. The molecule has 19 heavy (non-hydrogen) atoms. The first-order chi connectivity index (χ1) is 9.06. The summed E-state index contributed by atoms with van der Waals surface area (Å²) in [6.45, 7) is 1.01. The van der Waals surface area contributed by atoms with E-state index in [0.717, 1.165) is 0 Å². The van der Waals surface area contributed by atoms with Gasteiger partial charge in [0.05, 0.1) is 6.42 Å². The minimum atomic E-state index is -0.851. The number of nitrogens with one attached hydrogen (secondary N) is 1. The third-order valence-corrected chi connectivity index (χ3v) is 3.10. The number of nitrogens with zero attached hydrogens (tertiary/aromatic N) is 1. The van der Waals surface area contributed by atoms with E-state index in [4.69, 9.17) is 5.11 Å². The van der Waals surface area contributed by atoms with Gasteiger partial charge in [-0.1, -0.05) is 18.2 Å². The molecular weight excluding hydrogens is 251 g/mol. The zero-order valence-electron chi connectivity index (χ0n) is 10.3. The molecular formula is C13H15FN2O3. The molecule has 1 aliphatic rings. The predicted octanol–water partition coefficient (Wildman–Crippen LogP) is 1.44. The monoisotopic (exact) mass is 266 g/mol. The van der Waals surface area contributed by atoms with E-state index in [2.05, 4.69) is 5.32 Å². The van der Waals surface area contributed by atoms with Gasteiger partial charge in [0, 0.05) is 31.1 Å². The first-order valence-electron chi connectivity index (χ1n) is 6.04. The highest BCUT2D eigenvalue weighted by Crippen LogP contribution is 2.18. The highest BCUT2D eigenvalue weighted by Gasteiger charge is 2.31. The molecule has 0 saturated carbocycles. The third-order valence-electron chi connectivity index (χ3n) is 3.10. The smallest absolute Gasteiger partial charge is 0.317 e. The van der Waals surface area contributed by atoms with Crippen molar-refractivity contribution in [3.05, 3.63) is 35.6 Å². The molecule has 1 aromatic carbocycles. The van der Waals surface area contributed by atoms with E-state index in [9.17, 15) is 14.0 Å². The van der Waals surface area contributed by atoms with Crippen molar-refractivity contribution in [1.29, 1.82) is 0 Å². The fourth-order valence-corrected chi connectivity index (χ4v) is 2.04. The van der Waals surface area contributed by atoms with Crippen molar-refractivity contribution in [3.63, 3.8) is 0 Å². The van der Waals surface area contributed by atoms with Crippen LogP contribution in [0.5, 0.6) is 0 Å². The number of rotatable bonds is 4. The highest BCUT2D eigenvalue weighted by molar-refractivity contribution is 5.75. The largest absolute Gasteiger partial charge is 0.481 e. The number of carbonyl (C=O) groups is 2. The van der Waals surface area contributed by atoms with E-state index < -0.39 is 5.97 Å². The predicted molar refractivity (Wildman–Crippen MR) is 66.0 cm³/mol. The van der Waals surface area contributed by atoms with Gasteiger partial charge in [0.2, 0.25) is 0 Å². The maximum atomic E-state index is 13.3. The minimum absolute atomic E-state index is 0.0247. The van der Waals surface area contributed by atoms with Gasteiger partial charge in [-0.05, 0) is 6.07 Å². The van der Waals surface area contributed by atoms with Crippen molar-refractivity contribution < 1.29 is 19.1 Å². The Morgan fingerprint density at radius 1 is 1.37 bits per heavy atom. The first kappa shape index (κ1) is 13.3. The summed E-state index contributed by atoms with van der Waals surface area (Å²) in [5.41, 5.74) is 0.429. The van der Waals surface area contributed by atoms with Gasteiger partial charge in [0.15, 0.2) is 0 Å². The van der Waals surface area contributed by atoms with Gasteiger partial charge < -0.3 is 15.3 Å². The Bertz CT molecular complexity index is 487. The van der Waals surface area contributed by atoms with Gasteiger partial charge in [0.25, 0.3) is 0 Å². The number of carboxylic acid groups (broad SMARTS) is 1. The minimum Gasteiger partial charge on any atom is -0.481 e. The molecule has 1 saturated heterocycles. The van der Waals surface area contributed by atoms with E-state index >= 15 is 0 Å². The van der Waals surface area contributed by atoms with Gasteiger partial charge in [-0.3, -0.25) is 4.79 Å². The molecule has 1 heterocycles. The standard InChI is InChI=1S/C13H15FN2O3/c14-11-4-2-1-3-10(11)6-15-13(19)16-7-9(8-16)5-12(17)18/h1-4,9H,5-8H2,(H,15,19)(H,17,18). The number of likely N-dealkylation sites (tertiary alicyclic amines) is 1. The van der Waals surface area contributed by atoms with Crippen molar-refractivity contribution >= 4 is 12.0 Å². The zero-order chi connectivity index (χ0) is 13.8. The third kappa shape index (κ3) is 3.43. The lowest BCUT2D eigenvalue weighted by atomic mass is 9.97. The lowest BCUT2D eigenvalue weighted by molar-refractivity contribution is -0.139. The van der Waals surface area contributed by atoms with Crippen molar-refractivity contribution in [3.8, 4) is 0 Å². The van der Waals surface area contributed by atoms with Crippen molar-refractivity contribution in [2.45, 2.75) is 13.0 Å². The van der Waals surface area contributed by atoms with Crippen LogP contribution in [0.25, 0.3) is 0 Å². The second-order valence-electron chi connectivity index (χ2n) is 4.62. The Morgan fingerprint density at radius 3 is 2.68 bits per heavy atom. The topological polar surface area (TPSA) is 69.6 Å². The summed E-state index contributed by atoms with van der Waals surface area (Å²) >= 11 is 0. The van der Waals surface area contributed by atoms with Crippen molar-refractivity contribution in [2.75, 3.05) is 13.1 Å². The van der Waals surface area contributed by atoms with E-state index in [1.165, 1.54) is 11.0 Å². The molecule has 1 aromatic rings. The molecule has 102 valence electrons. The number of carbonyl (C=O) groups excluding carboxylic acids is 1. The molecule has 0 aliphatic carbocycles. The van der Waals surface area contributed by atoms with Crippen LogP contribution in [0.1, 0.15) is 12.0 Å². The van der Waals surface area contributed by atoms with Gasteiger partial charge in [0.1, 0.15) is 5.82 Å². The van der Waals surface area contributed by atoms with Crippen LogP contribution in [0.15, 0.2) is 24.3 Å². The maximum Gasteiger partial charge on any atom is 0.317 e. The van der Waals surface area contributed by atoms with Gasteiger partial charge in [-0.2, -0.15) is 0 Å². The summed E-state index contributed by atoms with van der Waals surface area (Å²) in [5, 5.41) is 11.2. The quantitative estimate of drug-likeness (QED) is 0.866. The zero-order valence-corrected chi connectivity index (χ0v) is 10.3. The number of hydrogen-bond acceptors (Lipinski definition) is 2. The van der Waals surface area contributed by atoms with Crippen LogP contribution in [0.2, 0.25) is 0 Å². The molecule has 0 aromatic heterocycles. The van der Waals surface area contributed by atoms with Crippen LogP contribution in [0.4, 0.5) is 9.18 Å². The number of urea groups is 1. The Labute approximate surface area is 110 Å². The maximum absolute atomic E-state index is 13.3. The summed E-state index contributed by atoms with van der Waals surface area (Å²) in [4.78, 5) is 23.7. The molecule has 5 nitrogen and oxygen atoms in total. The first-order valence-corrected chi connectivity index (χ1v) is 6.04. The second-order valence-corrected chi connectivity index (χ2v) is 4.62. The van der Waals surface area contributed by atoms with Crippen LogP contribution < -0.4 is 5.32 Å². The summed E-state index contributed by atoms with van der Waals surface area (Å²) in [5.74, 6) is -1.18. The Balaban J connectivity index is 1.75. The fraction of sp³-hybridized carbons (Fsp3) is 0.385. The van der Waals surface area contributed by atoms with Gasteiger partial charge >= 0.3 is 12.0 Å². The Morgan fingerprint density at radius 2 is 2.05 bits per heavy atom. The molecule has 2 N–H and O–H groups in total. The molecule has 0 bridgehead atoms. The molecule has 1 fully saturated rings. The van der Waals surface area contributed by atoms with Crippen LogP contribution >= 0.6 is 0 Å². The molecule has 1 aliphatic heterocycles. The summed E-state index contributed by atoms with van der Waals surface area (Å²) in [6.07, 6.45) is 0.0804. The van der Waals surface area contributed by atoms with E-state index in [0.29, 0.717) is 18.7 Å². The number of hydrogen-bond donors (Lipinski definition) is 2. The Hall–Kier alpha value is -2.11. The van der Waals surface area contributed by atoms with Crippen LogP contribution in [0.3, 0.4) is 0 Å². The number of halogens is 1. The van der Waals surface area contributed by atoms with Crippen LogP contribution in [-0.2, 0) is 11.3 Å². The second kappa shape index (κ2) is 5.69. The lowest BCUT2D eigenvalue weighted by Crippen LogP contribution is -2.54. The average Bonchev–Trinajstić information content (AvgIpc) is 2.31. The van der Waals surface area contributed by atoms with Crippen LogP contribution in [0, 0.1) is 11.7 Å². The fourth-order valence-electron chi connectivity index (χ4n) is 2.04. The van der Waals surface area contributed by atoms with E-state index in [1.54, 1.807) is 18.2 Å². The molecule has 0 spiro atoms. The molecule has 2 rings (SSSR count). The van der Waals surface area contributed by atoms with E-state index in [-0.39, 0.29) is 30.7 Å². The molecule has 2 amide bonds. The number of benzene rings is 1. The highest BCUT2D eigenvalue weighted by atomic mass is 19.1. The summed E-state index contributed by atoms with van der Waals surface area (Å²) in [7, 11) is 0.